The van der Waals surface area contributed by atoms with Gasteiger partial charge >= 0.3 is 5.97 Å². The molecular formula is C13H19NO3. The lowest BCUT2D eigenvalue weighted by atomic mass is 10.2. The predicted molar refractivity (Wildman–Crippen MR) is 66.8 cm³/mol. The second-order valence-corrected chi connectivity index (χ2v) is 4.72. The van der Waals surface area contributed by atoms with Crippen LogP contribution in [0.2, 0.25) is 0 Å². The summed E-state index contributed by atoms with van der Waals surface area (Å²) in [6.07, 6.45) is 0.214. The summed E-state index contributed by atoms with van der Waals surface area (Å²) in [6.45, 7) is 5.77. The Labute approximate surface area is 102 Å². The minimum Gasteiger partial charge on any atom is -0.491 e. The van der Waals surface area contributed by atoms with Crippen LogP contribution >= 0.6 is 0 Å². The Morgan fingerprint density at radius 3 is 2.53 bits per heavy atom. The van der Waals surface area contributed by atoms with Crippen molar-refractivity contribution in [3.63, 3.8) is 0 Å². The third-order valence-electron chi connectivity index (χ3n) is 1.90. The van der Waals surface area contributed by atoms with E-state index in [0.29, 0.717) is 11.4 Å². The maximum atomic E-state index is 11.4. The molecule has 0 aromatic heterocycles. The highest BCUT2D eigenvalue weighted by atomic mass is 16.6. The zero-order valence-corrected chi connectivity index (χ0v) is 10.5. The number of anilines is 1. The molecule has 1 aromatic carbocycles. The van der Waals surface area contributed by atoms with Crippen LogP contribution < -0.4 is 10.5 Å². The molecule has 0 unspecified atom stereocenters. The number of carbonyl (C=O) groups excluding carboxylic acids is 1. The Balaban J connectivity index is 2.34. The molecule has 0 aliphatic heterocycles. The first-order chi connectivity index (χ1) is 7.88. The lowest BCUT2D eigenvalue weighted by Crippen LogP contribution is -2.24. The average Bonchev–Trinajstić information content (AvgIpc) is 2.18. The van der Waals surface area contributed by atoms with Gasteiger partial charge in [-0.25, -0.2) is 0 Å². The molecule has 2 N–H and O–H groups in total. The van der Waals surface area contributed by atoms with Crippen molar-refractivity contribution in [2.75, 3.05) is 12.3 Å². The van der Waals surface area contributed by atoms with Gasteiger partial charge < -0.3 is 15.2 Å². The van der Waals surface area contributed by atoms with Gasteiger partial charge in [-0.15, -0.1) is 0 Å². The summed E-state index contributed by atoms with van der Waals surface area (Å²) in [6, 6.07) is 7.18. The predicted octanol–water partition coefficient (Wildman–Crippen LogP) is 2.38. The Morgan fingerprint density at radius 1 is 1.29 bits per heavy atom. The summed E-state index contributed by atoms with van der Waals surface area (Å²) in [7, 11) is 0. The van der Waals surface area contributed by atoms with Crippen molar-refractivity contribution < 1.29 is 14.3 Å². The molecule has 0 atom stereocenters. The third-order valence-corrected chi connectivity index (χ3v) is 1.90. The zero-order valence-electron chi connectivity index (χ0n) is 10.5. The number of hydrogen-bond acceptors (Lipinski definition) is 4. The van der Waals surface area contributed by atoms with Crippen molar-refractivity contribution in [1.82, 2.24) is 0 Å². The first kappa shape index (κ1) is 13.4. The second-order valence-electron chi connectivity index (χ2n) is 4.72. The molecule has 0 spiro atoms. The Bertz CT molecular complexity index is 382. The second kappa shape index (κ2) is 5.57. The van der Waals surface area contributed by atoms with E-state index in [2.05, 4.69) is 0 Å². The van der Waals surface area contributed by atoms with E-state index >= 15 is 0 Å². The minimum atomic E-state index is -0.455. The summed E-state index contributed by atoms with van der Waals surface area (Å²) in [5.41, 5.74) is 5.81. The maximum absolute atomic E-state index is 11.4. The topological polar surface area (TPSA) is 61.5 Å². The number of esters is 1. The Hall–Kier alpha value is -1.71. The van der Waals surface area contributed by atoms with Crippen molar-refractivity contribution in [3.8, 4) is 5.75 Å². The van der Waals surface area contributed by atoms with Gasteiger partial charge in [0.25, 0.3) is 0 Å². The molecule has 0 heterocycles. The highest BCUT2D eigenvalue weighted by Gasteiger charge is 2.15. The van der Waals surface area contributed by atoms with Crippen molar-refractivity contribution in [1.29, 1.82) is 0 Å². The molecular weight excluding hydrogens is 218 g/mol. The van der Waals surface area contributed by atoms with Crippen LogP contribution in [-0.4, -0.2) is 18.2 Å². The fourth-order valence-corrected chi connectivity index (χ4v) is 1.25. The molecule has 17 heavy (non-hydrogen) atoms. The molecule has 0 radical (unpaired) electrons. The van der Waals surface area contributed by atoms with Crippen LogP contribution in [0.25, 0.3) is 0 Å². The van der Waals surface area contributed by atoms with Crippen molar-refractivity contribution >= 4 is 11.7 Å². The van der Waals surface area contributed by atoms with Crippen LogP contribution in [0.15, 0.2) is 24.3 Å². The van der Waals surface area contributed by atoms with E-state index in [4.69, 9.17) is 15.2 Å². The summed E-state index contributed by atoms with van der Waals surface area (Å²) in [4.78, 5) is 11.4. The molecule has 1 rings (SSSR count). The molecule has 0 saturated carbocycles. The number of hydrogen-bond donors (Lipinski definition) is 1. The smallest absolute Gasteiger partial charge is 0.309 e. The van der Waals surface area contributed by atoms with Crippen LogP contribution in [0.3, 0.4) is 0 Å². The highest BCUT2D eigenvalue weighted by molar-refractivity contribution is 5.70. The third kappa shape index (κ3) is 5.24. The van der Waals surface area contributed by atoms with Crippen molar-refractivity contribution in [2.45, 2.75) is 32.8 Å². The Kier molecular flexibility index (Phi) is 4.37. The molecule has 4 heteroatoms. The molecule has 0 bridgehead atoms. The number of nitrogen functional groups attached to an aromatic ring is 1. The summed E-state index contributed by atoms with van der Waals surface area (Å²) >= 11 is 0. The van der Waals surface area contributed by atoms with Crippen LogP contribution in [0, 0.1) is 0 Å². The molecule has 0 aliphatic rings. The van der Waals surface area contributed by atoms with Gasteiger partial charge in [-0.2, -0.15) is 0 Å². The van der Waals surface area contributed by atoms with E-state index in [1.165, 1.54) is 0 Å². The Morgan fingerprint density at radius 2 is 1.94 bits per heavy atom. The van der Waals surface area contributed by atoms with Gasteiger partial charge in [0.1, 0.15) is 11.4 Å². The number of carbonyl (C=O) groups is 1. The van der Waals surface area contributed by atoms with E-state index < -0.39 is 5.60 Å². The van der Waals surface area contributed by atoms with Gasteiger partial charge in [-0.1, -0.05) is 12.1 Å². The van der Waals surface area contributed by atoms with Crippen LogP contribution in [0.1, 0.15) is 27.2 Å². The van der Waals surface area contributed by atoms with Crippen LogP contribution in [-0.2, 0) is 9.53 Å². The van der Waals surface area contributed by atoms with Gasteiger partial charge in [0, 0.05) is 0 Å². The van der Waals surface area contributed by atoms with E-state index in [-0.39, 0.29) is 19.0 Å². The summed E-state index contributed by atoms with van der Waals surface area (Å²) < 4.78 is 10.6. The largest absolute Gasteiger partial charge is 0.491 e. The number of para-hydroxylation sites is 2. The van der Waals surface area contributed by atoms with Gasteiger partial charge in [0.2, 0.25) is 0 Å². The highest BCUT2D eigenvalue weighted by Crippen LogP contribution is 2.19. The lowest BCUT2D eigenvalue weighted by molar-refractivity contribution is -0.155. The number of nitrogens with two attached hydrogens (primary N) is 1. The molecule has 0 saturated heterocycles. The summed E-state index contributed by atoms with van der Waals surface area (Å²) in [5, 5.41) is 0. The van der Waals surface area contributed by atoms with Gasteiger partial charge in [-0.05, 0) is 32.9 Å². The molecule has 0 aliphatic carbocycles. The van der Waals surface area contributed by atoms with Gasteiger partial charge in [0.05, 0.1) is 18.7 Å². The van der Waals surface area contributed by atoms with Crippen molar-refractivity contribution in [2.24, 2.45) is 0 Å². The first-order valence-electron chi connectivity index (χ1n) is 5.57. The fraction of sp³-hybridized carbons (Fsp3) is 0.462. The SMILES string of the molecule is CC(C)(C)OC(=O)CCOc1ccccc1N. The van der Waals surface area contributed by atoms with E-state index in [0.717, 1.165) is 0 Å². The number of rotatable bonds is 4. The normalized spacial score (nSPS) is 11.0. The standard InChI is InChI=1S/C13H19NO3/c1-13(2,3)17-12(15)8-9-16-11-7-5-4-6-10(11)14/h4-7H,8-9,14H2,1-3H3. The maximum Gasteiger partial charge on any atom is 0.309 e. The monoisotopic (exact) mass is 237 g/mol. The fourth-order valence-electron chi connectivity index (χ4n) is 1.25. The molecule has 0 fully saturated rings. The summed E-state index contributed by atoms with van der Waals surface area (Å²) in [5.74, 6) is 0.322. The average molecular weight is 237 g/mol. The number of benzene rings is 1. The number of ether oxygens (including phenoxy) is 2. The quantitative estimate of drug-likeness (QED) is 0.645. The van der Waals surface area contributed by atoms with Gasteiger partial charge in [0.15, 0.2) is 0 Å². The molecule has 1 aromatic rings. The van der Waals surface area contributed by atoms with E-state index in [1.807, 2.05) is 32.9 Å². The van der Waals surface area contributed by atoms with Crippen LogP contribution in [0.5, 0.6) is 5.75 Å². The lowest BCUT2D eigenvalue weighted by Gasteiger charge is -2.19. The van der Waals surface area contributed by atoms with Crippen molar-refractivity contribution in [3.05, 3.63) is 24.3 Å². The molecule has 94 valence electrons. The molecule has 4 nitrogen and oxygen atoms in total. The molecule has 0 amide bonds. The van der Waals surface area contributed by atoms with E-state index in [9.17, 15) is 4.79 Å². The minimum absolute atomic E-state index is 0.214. The first-order valence-corrected chi connectivity index (χ1v) is 5.57. The van der Waals surface area contributed by atoms with Crippen LogP contribution in [0.4, 0.5) is 5.69 Å². The zero-order chi connectivity index (χ0) is 12.9. The van der Waals surface area contributed by atoms with Gasteiger partial charge in [-0.3, -0.25) is 4.79 Å². The van der Waals surface area contributed by atoms with E-state index in [1.54, 1.807) is 12.1 Å².